The third-order valence-corrected chi connectivity index (χ3v) is 6.95. The lowest BCUT2D eigenvalue weighted by Gasteiger charge is -2.17. The summed E-state index contributed by atoms with van der Waals surface area (Å²) in [6, 6.07) is 6.13. The van der Waals surface area contributed by atoms with E-state index in [0.717, 1.165) is 25.0 Å². The van der Waals surface area contributed by atoms with Crippen LogP contribution in [0.3, 0.4) is 0 Å². The zero-order valence-corrected chi connectivity index (χ0v) is 20.3. The molecule has 0 amide bonds. The molecule has 0 fully saturated rings. The Morgan fingerprint density at radius 3 is 1.93 bits per heavy atom. The summed E-state index contributed by atoms with van der Waals surface area (Å²) in [5.74, 6) is 0.780. The Hall–Kier alpha value is -1.07. The van der Waals surface area contributed by atoms with E-state index in [4.69, 9.17) is 4.74 Å². The summed E-state index contributed by atoms with van der Waals surface area (Å²) in [5.41, 5.74) is 2.56. The van der Waals surface area contributed by atoms with Gasteiger partial charge >= 0.3 is 0 Å². The molecule has 0 aromatic heterocycles. The lowest BCUT2D eigenvalue weighted by atomic mass is 9.95. The monoisotopic (exact) mass is 440 g/mol. The van der Waals surface area contributed by atoms with Gasteiger partial charge in [-0.1, -0.05) is 90.2 Å². The summed E-state index contributed by atoms with van der Waals surface area (Å²) in [7, 11) is -4.08. The number of rotatable bonds is 18. The average Bonchev–Trinajstić information content (AvgIpc) is 2.71. The van der Waals surface area contributed by atoms with E-state index in [9.17, 15) is 13.0 Å². The van der Waals surface area contributed by atoms with Crippen LogP contribution in [0.4, 0.5) is 0 Å². The van der Waals surface area contributed by atoms with Crippen LogP contribution in [-0.4, -0.2) is 24.8 Å². The summed E-state index contributed by atoms with van der Waals surface area (Å²) in [6.07, 6.45) is 17.1. The molecule has 1 rings (SSSR count). The number of benzene rings is 1. The summed E-state index contributed by atoms with van der Waals surface area (Å²) in [4.78, 5) is 0. The number of ether oxygens (including phenoxy) is 1. The van der Waals surface area contributed by atoms with Crippen LogP contribution in [0.2, 0.25) is 0 Å². The third kappa shape index (κ3) is 11.4. The van der Waals surface area contributed by atoms with Crippen molar-refractivity contribution < 1.29 is 17.7 Å². The fraction of sp³-hybridized carbons (Fsp3) is 0.760. The number of hydrogen-bond donors (Lipinski definition) is 1. The van der Waals surface area contributed by atoms with Crippen LogP contribution in [0.25, 0.3) is 0 Å². The first-order valence-electron chi connectivity index (χ1n) is 12.1. The van der Waals surface area contributed by atoms with E-state index in [1.165, 1.54) is 88.7 Å². The molecule has 30 heavy (non-hydrogen) atoms. The van der Waals surface area contributed by atoms with Gasteiger partial charge in [0, 0.05) is 0 Å². The molecule has 0 aliphatic rings. The summed E-state index contributed by atoms with van der Waals surface area (Å²) in [5, 5.41) is -0.929. The van der Waals surface area contributed by atoms with Crippen molar-refractivity contribution in [2.24, 2.45) is 0 Å². The Morgan fingerprint density at radius 1 is 0.833 bits per heavy atom. The van der Waals surface area contributed by atoms with Gasteiger partial charge in [0.1, 0.15) is 17.6 Å². The second-order valence-corrected chi connectivity index (χ2v) is 10.4. The zero-order chi connectivity index (χ0) is 22.2. The molecule has 4 nitrogen and oxygen atoms in total. The molecule has 0 spiro atoms. The van der Waals surface area contributed by atoms with Crippen LogP contribution >= 0.6 is 0 Å². The highest BCUT2D eigenvalue weighted by atomic mass is 32.2. The van der Waals surface area contributed by atoms with E-state index >= 15 is 0 Å². The molecule has 1 N–H and O–H groups in total. The molecule has 1 atom stereocenters. The lowest BCUT2D eigenvalue weighted by molar-refractivity contribution is 0.307. The maximum atomic E-state index is 11.3. The van der Waals surface area contributed by atoms with E-state index in [1.807, 2.05) is 12.1 Å². The van der Waals surface area contributed by atoms with Gasteiger partial charge in [0.15, 0.2) is 0 Å². The predicted octanol–water partition coefficient (Wildman–Crippen LogP) is 7.15. The van der Waals surface area contributed by atoms with Gasteiger partial charge in [0.05, 0.1) is 0 Å². The van der Waals surface area contributed by atoms with E-state index < -0.39 is 15.4 Å². The molecule has 0 saturated heterocycles. The Labute approximate surface area is 185 Å². The Bertz CT molecular complexity index is 670. The maximum Gasteiger partial charge on any atom is 0.270 e. The van der Waals surface area contributed by atoms with Crippen LogP contribution in [0.15, 0.2) is 18.2 Å². The number of hydrogen-bond acceptors (Lipinski definition) is 3. The van der Waals surface area contributed by atoms with Crippen molar-refractivity contribution in [1.82, 2.24) is 0 Å². The molecule has 0 bridgehead atoms. The van der Waals surface area contributed by atoms with Crippen LogP contribution in [0.1, 0.15) is 109 Å². The molecule has 0 aliphatic carbocycles. The standard InChI is InChI=1S/C25H44O4S/c1-4-6-8-10-12-14-17-23-18-16-20-25(29-21-22(3)30(26,27)28)24(23)19-15-13-11-9-7-5-2/h16,18,20,22H,4-15,17,19,21H2,1-3H3,(H,26,27,28). The van der Waals surface area contributed by atoms with E-state index in [0.29, 0.717) is 0 Å². The molecular weight excluding hydrogens is 396 g/mol. The van der Waals surface area contributed by atoms with Crippen molar-refractivity contribution in [3.05, 3.63) is 29.3 Å². The first-order chi connectivity index (χ1) is 14.4. The number of unbranched alkanes of at least 4 members (excludes halogenated alkanes) is 10. The average molecular weight is 441 g/mol. The van der Waals surface area contributed by atoms with Crippen molar-refractivity contribution in [1.29, 1.82) is 0 Å². The van der Waals surface area contributed by atoms with Gasteiger partial charge in [0.2, 0.25) is 0 Å². The van der Waals surface area contributed by atoms with Gasteiger partial charge in [-0.15, -0.1) is 0 Å². The quantitative estimate of drug-likeness (QED) is 0.194. The second kappa shape index (κ2) is 15.7. The molecular formula is C25H44O4S. The third-order valence-electron chi connectivity index (χ3n) is 5.79. The van der Waals surface area contributed by atoms with Gasteiger partial charge in [-0.3, -0.25) is 4.55 Å². The topological polar surface area (TPSA) is 63.6 Å². The first kappa shape index (κ1) is 27.0. The SMILES string of the molecule is CCCCCCCCc1cccc(OCC(C)S(=O)(=O)O)c1CCCCCCCC. The van der Waals surface area contributed by atoms with Crippen molar-refractivity contribution >= 4 is 10.1 Å². The van der Waals surface area contributed by atoms with Crippen LogP contribution in [0, 0.1) is 0 Å². The highest BCUT2D eigenvalue weighted by molar-refractivity contribution is 7.86. The molecule has 0 aliphatic heterocycles. The minimum absolute atomic E-state index is 0.0250. The van der Waals surface area contributed by atoms with Gasteiger partial charge in [0.25, 0.3) is 10.1 Å². The van der Waals surface area contributed by atoms with Gasteiger partial charge < -0.3 is 4.74 Å². The molecule has 1 aromatic rings. The van der Waals surface area contributed by atoms with Gasteiger partial charge in [-0.25, -0.2) is 0 Å². The first-order valence-corrected chi connectivity index (χ1v) is 13.6. The molecule has 1 aromatic carbocycles. The Balaban J connectivity index is 2.73. The fourth-order valence-corrected chi connectivity index (χ4v) is 3.98. The summed E-state index contributed by atoms with van der Waals surface area (Å²) < 4.78 is 37.8. The van der Waals surface area contributed by atoms with Crippen molar-refractivity contribution in [3.63, 3.8) is 0 Å². The van der Waals surface area contributed by atoms with Gasteiger partial charge in [-0.2, -0.15) is 8.42 Å². The zero-order valence-electron chi connectivity index (χ0n) is 19.5. The summed E-state index contributed by atoms with van der Waals surface area (Å²) in [6.45, 7) is 5.92. The van der Waals surface area contributed by atoms with Crippen LogP contribution in [0.5, 0.6) is 5.75 Å². The maximum absolute atomic E-state index is 11.3. The normalized spacial score (nSPS) is 12.8. The molecule has 0 heterocycles. The predicted molar refractivity (Wildman–Crippen MR) is 127 cm³/mol. The number of aryl methyl sites for hydroxylation is 1. The smallest absolute Gasteiger partial charge is 0.270 e. The molecule has 1 unspecified atom stereocenters. The fourth-order valence-electron chi connectivity index (χ4n) is 3.74. The lowest BCUT2D eigenvalue weighted by Crippen LogP contribution is -2.24. The molecule has 174 valence electrons. The van der Waals surface area contributed by atoms with Crippen molar-refractivity contribution in [3.8, 4) is 5.75 Å². The van der Waals surface area contributed by atoms with Crippen molar-refractivity contribution in [2.45, 2.75) is 116 Å². The summed E-state index contributed by atoms with van der Waals surface area (Å²) >= 11 is 0. The minimum Gasteiger partial charge on any atom is -0.492 e. The minimum atomic E-state index is -4.08. The van der Waals surface area contributed by atoms with Crippen molar-refractivity contribution in [2.75, 3.05) is 6.61 Å². The highest BCUT2D eigenvalue weighted by Crippen LogP contribution is 2.27. The molecule has 5 heteroatoms. The van der Waals surface area contributed by atoms with E-state index in [1.54, 1.807) is 0 Å². The Morgan fingerprint density at radius 2 is 1.37 bits per heavy atom. The van der Waals surface area contributed by atoms with E-state index in [2.05, 4.69) is 19.9 Å². The highest BCUT2D eigenvalue weighted by Gasteiger charge is 2.19. The van der Waals surface area contributed by atoms with Crippen LogP contribution in [-0.2, 0) is 23.0 Å². The van der Waals surface area contributed by atoms with E-state index in [-0.39, 0.29) is 6.61 Å². The van der Waals surface area contributed by atoms with Crippen LogP contribution < -0.4 is 4.74 Å². The molecule has 0 radical (unpaired) electrons. The molecule has 0 saturated carbocycles. The second-order valence-electron chi connectivity index (χ2n) is 8.57. The largest absolute Gasteiger partial charge is 0.492 e. The van der Waals surface area contributed by atoms with Gasteiger partial charge in [-0.05, 0) is 49.8 Å². The Kier molecular flexibility index (Phi) is 14.1.